The van der Waals surface area contributed by atoms with Gasteiger partial charge >= 0.3 is 0 Å². The Balaban J connectivity index is 4.20. The minimum absolute atomic E-state index is 0.00243. The molecule has 1 amide bonds. The van der Waals surface area contributed by atoms with Crippen molar-refractivity contribution in [1.29, 1.82) is 0 Å². The summed E-state index contributed by atoms with van der Waals surface area (Å²) < 4.78 is 23.3. The van der Waals surface area contributed by atoms with Crippen molar-refractivity contribution >= 4 is 13.7 Å². The van der Waals surface area contributed by atoms with Gasteiger partial charge in [-0.15, -0.1) is 0 Å². The van der Waals surface area contributed by atoms with Gasteiger partial charge in [0.15, 0.2) is 0 Å². The van der Waals surface area contributed by atoms with Crippen LogP contribution in [0.2, 0.25) is 0 Å². The predicted octanol–water partition coefficient (Wildman–Crippen LogP) is 14.8. The van der Waals surface area contributed by atoms with Gasteiger partial charge in [-0.2, -0.15) is 0 Å². The number of carbonyl (C=O) groups is 1. The first kappa shape index (κ1) is 60.2. The number of carbonyl (C=O) groups excluding carboxylic acids is 1. The number of rotatable bonds is 49. The molecule has 0 saturated carbocycles. The van der Waals surface area contributed by atoms with Crippen molar-refractivity contribution in [2.24, 2.45) is 0 Å². The number of phosphoric acid groups is 1. The van der Waals surface area contributed by atoms with Crippen LogP contribution in [0.5, 0.6) is 0 Å². The van der Waals surface area contributed by atoms with Crippen molar-refractivity contribution in [2.45, 2.75) is 276 Å². The van der Waals surface area contributed by atoms with Gasteiger partial charge in [-0.3, -0.25) is 9.36 Å². The number of quaternary nitrogens is 1. The van der Waals surface area contributed by atoms with E-state index in [0.29, 0.717) is 17.4 Å². The first-order valence-corrected chi connectivity index (χ1v) is 28.0. The summed E-state index contributed by atoms with van der Waals surface area (Å²) in [4.78, 5) is 25.4. The van der Waals surface area contributed by atoms with Crippen LogP contribution in [-0.4, -0.2) is 68.5 Å². The molecule has 0 aromatic heterocycles. The third-order valence-electron chi connectivity index (χ3n) is 12.2. The number of hydrogen-bond acceptors (Lipinski definition) is 6. The van der Waals surface area contributed by atoms with E-state index in [1.54, 1.807) is 6.08 Å². The van der Waals surface area contributed by atoms with Gasteiger partial charge in [-0.1, -0.05) is 251 Å². The maximum absolute atomic E-state index is 12.9. The molecule has 2 N–H and O–H groups in total. The van der Waals surface area contributed by atoms with E-state index in [-0.39, 0.29) is 19.1 Å². The van der Waals surface area contributed by atoms with Crippen molar-refractivity contribution in [2.75, 3.05) is 40.9 Å². The Hall–Kier alpha value is -0.760. The molecule has 0 aromatic carbocycles. The lowest BCUT2D eigenvalue weighted by Gasteiger charge is -2.29. The highest BCUT2D eigenvalue weighted by molar-refractivity contribution is 7.45. The van der Waals surface area contributed by atoms with Gasteiger partial charge in [-0.25, -0.2) is 0 Å². The van der Waals surface area contributed by atoms with E-state index in [1.807, 2.05) is 27.2 Å². The average molecular weight is 885 g/mol. The van der Waals surface area contributed by atoms with Crippen molar-refractivity contribution in [1.82, 2.24) is 5.32 Å². The summed E-state index contributed by atoms with van der Waals surface area (Å²) >= 11 is 0. The van der Waals surface area contributed by atoms with Crippen LogP contribution < -0.4 is 10.2 Å². The zero-order valence-corrected chi connectivity index (χ0v) is 42.3. The molecule has 0 aliphatic rings. The fourth-order valence-electron chi connectivity index (χ4n) is 8.04. The highest BCUT2D eigenvalue weighted by Crippen LogP contribution is 2.38. The van der Waals surface area contributed by atoms with Crippen LogP contribution >= 0.6 is 7.82 Å². The Morgan fingerprint density at radius 1 is 0.557 bits per heavy atom. The maximum atomic E-state index is 12.9. The van der Waals surface area contributed by atoms with Gasteiger partial charge in [0.25, 0.3) is 7.82 Å². The van der Waals surface area contributed by atoms with Crippen LogP contribution in [0.15, 0.2) is 12.2 Å². The van der Waals surface area contributed by atoms with E-state index in [0.717, 1.165) is 38.5 Å². The summed E-state index contributed by atoms with van der Waals surface area (Å²) in [6, 6.07) is -0.881. The Morgan fingerprint density at radius 3 is 1.23 bits per heavy atom. The lowest BCUT2D eigenvalue weighted by atomic mass is 10.0. The largest absolute Gasteiger partial charge is 0.756 e. The second-order valence-corrected chi connectivity index (χ2v) is 21.0. The topological polar surface area (TPSA) is 108 Å². The van der Waals surface area contributed by atoms with Gasteiger partial charge in [0.2, 0.25) is 5.91 Å². The molecule has 0 rings (SSSR count). The van der Waals surface area contributed by atoms with Crippen LogP contribution in [0.25, 0.3) is 0 Å². The van der Waals surface area contributed by atoms with Crippen molar-refractivity contribution < 1.29 is 32.9 Å². The quantitative estimate of drug-likeness (QED) is 0.0273. The first-order valence-electron chi connectivity index (χ1n) is 26.6. The van der Waals surface area contributed by atoms with E-state index < -0.39 is 20.0 Å². The second kappa shape index (κ2) is 44.4. The Morgan fingerprint density at radius 2 is 0.885 bits per heavy atom. The highest BCUT2D eigenvalue weighted by Gasteiger charge is 2.23. The number of nitrogens with zero attached hydrogens (tertiary/aromatic N) is 1. The van der Waals surface area contributed by atoms with Crippen LogP contribution in [-0.2, 0) is 18.4 Å². The third kappa shape index (κ3) is 47.0. The molecule has 0 fully saturated rings. The average Bonchev–Trinajstić information content (AvgIpc) is 3.21. The summed E-state index contributed by atoms with van der Waals surface area (Å²) in [5.74, 6) is -0.193. The molecule has 364 valence electrons. The Kier molecular flexibility index (Phi) is 43.9. The predicted molar refractivity (Wildman–Crippen MR) is 261 cm³/mol. The summed E-state index contributed by atoms with van der Waals surface area (Å²) in [7, 11) is 1.28. The third-order valence-corrected chi connectivity index (χ3v) is 13.2. The fraction of sp³-hybridized carbons (Fsp3) is 0.942. The molecule has 0 heterocycles. The monoisotopic (exact) mass is 885 g/mol. The van der Waals surface area contributed by atoms with Gasteiger partial charge in [0.05, 0.1) is 39.9 Å². The number of hydrogen-bond donors (Lipinski definition) is 2. The second-order valence-electron chi connectivity index (χ2n) is 19.6. The molecule has 0 bridgehead atoms. The number of aliphatic hydroxyl groups excluding tert-OH is 1. The minimum atomic E-state index is -4.59. The summed E-state index contributed by atoms with van der Waals surface area (Å²) in [6.45, 7) is 4.68. The summed E-state index contributed by atoms with van der Waals surface area (Å²) in [5, 5.41) is 13.8. The molecule has 0 radical (unpaired) electrons. The van der Waals surface area contributed by atoms with E-state index in [9.17, 15) is 19.4 Å². The van der Waals surface area contributed by atoms with Gasteiger partial charge in [-0.05, 0) is 19.3 Å². The van der Waals surface area contributed by atoms with Gasteiger partial charge < -0.3 is 28.8 Å². The fourth-order valence-corrected chi connectivity index (χ4v) is 8.76. The highest BCUT2D eigenvalue weighted by atomic mass is 31.2. The maximum Gasteiger partial charge on any atom is 0.268 e. The van der Waals surface area contributed by atoms with E-state index in [4.69, 9.17) is 9.05 Å². The summed E-state index contributed by atoms with van der Waals surface area (Å²) in [6.07, 6.45) is 52.7. The molecule has 3 atom stereocenters. The van der Waals surface area contributed by atoms with Crippen molar-refractivity contribution in [3.63, 3.8) is 0 Å². The molecule has 0 aliphatic carbocycles. The molecule has 0 aliphatic heterocycles. The first-order chi connectivity index (χ1) is 29.5. The number of allylic oxidation sites excluding steroid dienone is 1. The number of phosphoric ester groups is 1. The number of nitrogens with one attached hydrogen (secondary N) is 1. The van der Waals surface area contributed by atoms with E-state index in [1.165, 1.54) is 205 Å². The summed E-state index contributed by atoms with van der Waals surface area (Å²) in [5.41, 5.74) is 0. The molecular formula is C52H105N2O6P. The van der Waals surface area contributed by atoms with Gasteiger partial charge in [0.1, 0.15) is 13.2 Å². The molecule has 8 nitrogen and oxygen atoms in total. The smallest absolute Gasteiger partial charge is 0.268 e. The van der Waals surface area contributed by atoms with Gasteiger partial charge in [0, 0.05) is 6.42 Å². The molecule has 9 heteroatoms. The number of aliphatic hydroxyl groups is 1. The molecule has 3 unspecified atom stereocenters. The molecular weight excluding hydrogens is 780 g/mol. The molecule has 0 saturated heterocycles. The number of amides is 1. The minimum Gasteiger partial charge on any atom is -0.756 e. The lowest BCUT2D eigenvalue weighted by Crippen LogP contribution is -2.45. The molecule has 0 aromatic rings. The van der Waals surface area contributed by atoms with Crippen LogP contribution in [0.3, 0.4) is 0 Å². The van der Waals surface area contributed by atoms with Crippen molar-refractivity contribution in [3.05, 3.63) is 12.2 Å². The van der Waals surface area contributed by atoms with E-state index >= 15 is 0 Å². The van der Waals surface area contributed by atoms with E-state index in [2.05, 4.69) is 19.2 Å². The Bertz CT molecular complexity index is 1000. The van der Waals surface area contributed by atoms with Crippen LogP contribution in [0.4, 0.5) is 0 Å². The van der Waals surface area contributed by atoms with Crippen molar-refractivity contribution in [3.8, 4) is 0 Å². The standard InChI is InChI=1S/C52H105N2O6P/c1-6-8-10-12-14-16-18-20-22-23-24-25-26-27-28-29-30-31-32-33-35-37-39-41-43-45-51(55)50(49-60-61(57,58)59-48-47-54(3,4)5)53-52(56)46-44-42-40-38-36-34-21-19-17-15-13-11-9-7-2/h43,45,50-51,55H,6-42,44,46-49H2,1-5H3,(H-,53,56,57,58)/b45-43+. The lowest BCUT2D eigenvalue weighted by molar-refractivity contribution is -0.870. The van der Waals surface area contributed by atoms with Crippen LogP contribution in [0, 0.1) is 0 Å². The normalized spacial score (nSPS) is 14.1. The number of likely N-dealkylation sites (N-methyl/N-ethyl adjacent to an activating group) is 1. The zero-order chi connectivity index (χ0) is 45.0. The molecule has 0 spiro atoms. The Labute approximate surface area is 380 Å². The SMILES string of the molecule is CCCCCCCCCCCCCCCCCCCCCCCCC/C=C/C(O)C(COP(=O)([O-])OCC[N+](C)(C)C)NC(=O)CCCCCCCCCCCCCCCC. The zero-order valence-electron chi connectivity index (χ0n) is 41.4. The number of unbranched alkanes of at least 4 members (excludes halogenated alkanes) is 36. The molecule has 61 heavy (non-hydrogen) atoms. The van der Waals surface area contributed by atoms with Crippen LogP contribution in [0.1, 0.15) is 264 Å².